The van der Waals surface area contributed by atoms with Crippen molar-refractivity contribution in [3.63, 3.8) is 0 Å². The molecule has 0 saturated heterocycles. The fraction of sp³-hybridized carbons (Fsp3) is 0.455. The molecule has 2 aromatic carbocycles. The van der Waals surface area contributed by atoms with Gasteiger partial charge >= 0.3 is 5.97 Å². The number of nitrogens with zero attached hydrogens (tertiary/aromatic N) is 2. The van der Waals surface area contributed by atoms with Crippen LogP contribution in [-0.2, 0) is 11.2 Å². The van der Waals surface area contributed by atoms with Gasteiger partial charge in [0.05, 0.1) is 12.8 Å². The Balaban J connectivity index is 1.59. The van der Waals surface area contributed by atoms with E-state index in [0.717, 1.165) is 31.7 Å². The summed E-state index contributed by atoms with van der Waals surface area (Å²) in [6.45, 7) is 9.15. The molecule has 236 valence electrons. The summed E-state index contributed by atoms with van der Waals surface area (Å²) in [4.78, 5) is 48.2. The minimum atomic E-state index is -0.912. The average molecular weight is 627 g/mol. The first-order chi connectivity index (χ1) is 21.0. The van der Waals surface area contributed by atoms with Crippen LogP contribution in [0.25, 0.3) is 0 Å². The Labute approximate surface area is 261 Å². The highest BCUT2D eigenvalue weighted by Gasteiger charge is 2.57. The van der Waals surface area contributed by atoms with Crippen molar-refractivity contribution in [2.45, 2.75) is 70.5 Å². The Morgan fingerprint density at radius 2 is 1.70 bits per heavy atom. The van der Waals surface area contributed by atoms with Crippen molar-refractivity contribution >= 4 is 29.5 Å². The molecule has 2 amide bonds. The highest BCUT2D eigenvalue weighted by atomic mass is 32.2. The van der Waals surface area contributed by atoms with E-state index in [1.165, 1.54) is 30.1 Å². The molecular weight excluding hydrogens is 586 g/mol. The maximum atomic E-state index is 14.2. The van der Waals surface area contributed by atoms with Gasteiger partial charge in [-0.15, -0.1) is 0 Å². The van der Waals surface area contributed by atoms with Gasteiger partial charge in [0.25, 0.3) is 11.8 Å². The lowest BCUT2D eigenvalue weighted by Gasteiger charge is -2.39. The van der Waals surface area contributed by atoms with Crippen LogP contribution in [0.5, 0.6) is 0 Å². The number of carbonyl (C=O) groups excluding carboxylic acids is 3. The topological polar surface area (TPSA) is 104 Å². The van der Waals surface area contributed by atoms with Crippen molar-refractivity contribution in [2.75, 3.05) is 25.4 Å². The van der Waals surface area contributed by atoms with Crippen molar-refractivity contribution in [2.24, 2.45) is 5.41 Å². The monoisotopic (exact) mass is 626 g/mol. The first-order valence-electron chi connectivity index (χ1n) is 15.0. The van der Waals surface area contributed by atoms with Crippen LogP contribution in [0.3, 0.4) is 0 Å². The molecule has 11 heteroatoms. The fourth-order valence-electron chi connectivity index (χ4n) is 5.54. The van der Waals surface area contributed by atoms with Crippen LogP contribution in [0.15, 0.2) is 53.8 Å². The third-order valence-corrected chi connectivity index (χ3v) is 9.25. The van der Waals surface area contributed by atoms with E-state index in [0.29, 0.717) is 40.7 Å². The maximum Gasteiger partial charge on any atom is 0.356 e. The van der Waals surface area contributed by atoms with Crippen molar-refractivity contribution < 1.29 is 27.9 Å². The molecule has 1 aliphatic carbocycles. The third kappa shape index (κ3) is 7.85. The number of halogens is 2. The molecule has 1 aromatic heterocycles. The summed E-state index contributed by atoms with van der Waals surface area (Å²) in [7, 11) is 0. The second-order valence-electron chi connectivity index (χ2n) is 11.5. The number of aromatic amines is 1. The van der Waals surface area contributed by atoms with Gasteiger partial charge in [0, 0.05) is 47.0 Å². The molecule has 0 bridgehead atoms. The number of amides is 2. The smallest absolute Gasteiger partial charge is 0.356 e. The van der Waals surface area contributed by atoms with E-state index in [4.69, 9.17) is 4.74 Å². The van der Waals surface area contributed by atoms with E-state index in [9.17, 15) is 23.2 Å². The zero-order valence-corrected chi connectivity index (χ0v) is 26.5. The molecule has 0 radical (unpaired) electrons. The zero-order valence-electron chi connectivity index (χ0n) is 25.7. The summed E-state index contributed by atoms with van der Waals surface area (Å²) >= 11 is 1.41. The minimum absolute atomic E-state index is 0.128. The number of benzene rings is 2. The standard InChI is InChI=1S/C33H40F2N4O4S/c1-5-13-39(14-6-2)29(41)24-10-8-9-23(17-24)28(40)38-32(4,19-22-15-25(34)18-26(35)16-22)33(11-12-33)21-44-31-36-20-27(37-31)30(42)43-7-3/h8-10,15-18,20H,5-7,11-14,19,21H2,1-4H3,(H,36,37)(H,38,40)/t32-/m0/s1. The Morgan fingerprint density at radius 3 is 2.32 bits per heavy atom. The number of carbonyl (C=O) groups is 3. The second-order valence-corrected chi connectivity index (χ2v) is 12.5. The van der Waals surface area contributed by atoms with Crippen LogP contribution in [0.1, 0.15) is 90.1 Å². The van der Waals surface area contributed by atoms with E-state index < -0.39 is 28.6 Å². The number of rotatable bonds is 15. The Hall–Kier alpha value is -3.73. The molecular formula is C33H40F2N4O4S. The van der Waals surface area contributed by atoms with Gasteiger partial charge in [0.1, 0.15) is 17.3 Å². The van der Waals surface area contributed by atoms with Gasteiger partial charge in [-0.05, 0) is 81.8 Å². The average Bonchev–Trinajstić information content (AvgIpc) is 3.64. The van der Waals surface area contributed by atoms with Gasteiger partial charge in [-0.2, -0.15) is 0 Å². The number of H-pyrrole nitrogens is 1. The van der Waals surface area contributed by atoms with E-state index in [-0.39, 0.29) is 30.5 Å². The van der Waals surface area contributed by atoms with E-state index in [1.54, 1.807) is 36.1 Å². The van der Waals surface area contributed by atoms with Gasteiger partial charge in [-0.25, -0.2) is 18.6 Å². The van der Waals surface area contributed by atoms with Crippen molar-refractivity contribution in [1.82, 2.24) is 20.2 Å². The zero-order chi connectivity index (χ0) is 31.9. The van der Waals surface area contributed by atoms with Crippen LogP contribution in [0, 0.1) is 17.0 Å². The van der Waals surface area contributed by atoms with E-state index in [2.05, 4.69) is 15.3 Å². The maximum absolute atomic E-state index is 14.2. The number of aromatic nitrogens is 2. The Bertz CT molecular complexity index is 1470. The van der Waals surface area contributed by atoms with Gasteiger partial charge in [0.2, 0.25) is 0 Å². The van der Waals surface area contributed by atoms with Crippen LogP contribution >= 0.6 is 11.8 Å². The number of ether oxygens (including phenoxy) is 1. The molecule has 0 unspecified atom stereocenters. The molecule has 1 atom stereocenters. The summed E-state index contributed by atoms with van der Waals surface area (Å²) in [5, 5.41) is 3.72. The number of hydrogen-bond donors (Lipinski definition) is 2. The van der Waals surface area contributed by atoms with E-state index >= 15 is 0 Å². The molecule has 3 aromatic rings. The summed E-state index contributed by atoms with van der Waals surface area (Å²) in [6, 6.07) is 10.0. The first kappa shape index (κ1) is 33.2. The van der Waals surface area contributed by atoms with Gasteiger partial charge in [0.15, 0.2) is 5.16 Å². The molecule has 0 aliphatic heterocycles. The normalized spacial score (nSPS) is 14.9. The lowest BCUT2D eigenvalue weighted by molar-refractivity contribution is 0.0519. The van der Waals surface area contributed by atoms with Crippen LogP contribution in [-0.4, -0.2) is 63.6 Å². The SMILES string of the molecule is CCCN(CCC)C(=O)c1cccc(C(=O)N[C@@](C)(Cc2cc(F)cc(F)c2)C2(CSc3ncc(C(=O)OCC)[nH]3)CC2)c1. The van der Waals surface area contributed by atoms with Gasteiger partial charge < -0.3 is 19.9 Å². The number of nitrogens with one attached hydrogen (secondary N) is 2. The summed E-state index contributed by atoms with van der Waals surface area (Å²) in [5.41, 5.74) is 0.0812. The number of thioether (sulfide) groups is 1. The molecule has 1 fully saturated rings. The molecule has 8 nitrogen and oxygen atoms in total. The predicted octanol–water partition coefficient (Wildman–Crippen LogP) is 6.43. The van der Waals surface area contributed by atoms with Gasteiger partial charge in [-0.3, -0.25) is 9.59 Å². The molecule has 0 spiro atoms. The molecule has 4 rings (SSSR count). The quantitative estimate of drug-likeness (QED) is 0.149. The van der Waals surface area contributed by atoms with Crippen LogP contribution in [0.4, 0.5) is 8.78 Å². The Kier molecular flexibility index (Phi) is 10.8. The van der Waals surface area contributed by atoms with Crippen LogP contribution < -0.4 is 5.32 Å². The first-order valence-corrected chi connectivity index (χ1v) is 16.0. The summed E-state index contributed by atoms with van der Waals surface area (Å²) in [5.74, 6) is -1.85. The van der Waals surface area contributed by atoms with Crippen LogP contribution in [0.2, 0.25) is 0 Å². The van der Waals surface area contributed by atoms with E-state index in [1.807, 2.05) is 20.8 Å². The predicted molar refractivity (Wildman–Crippen MR) is 166 cm³/mol. The lowest BCUT2D eigenvalue weighted by Crippen LogP contribution is -2.55. The van der Waals surface area contributed by atoms with Crippen molar-refractivity contribution in [3.05, 3.63) is 82.7 Å². The molecule has 44 heavy (non-hydrogen) atoms. The van der Waals surface area contributed by atoms with Crippen molar-refractivity contribution in [3.8, 4) is 0 Å². The highest BCUT2D eigenvalue weighted by Crippen LogP contribution is 2.57. The highest BCUT2D eigenvalue weighted by molar-refractivity contribution is 7.99. The lowest BCUT2D eigenvalue weighted by atomic mass is 9.78. The number of imidazole rings is 1. The molecule has 1 saturated carbocycles. The number of hydrogen-bond acceptors (Lipinski definition) is 6. The third-order valence-electron chi connectivity index (χ3n) is 8.07. The van der Waals surface area contributed by atoms with Crippen molar-refractivity contribution in [1.29, 1.82) is 0 Å². The fourth-order valence-corrected chi connectivity index (χ4v) is 6.87. The van der Waals surface area contributed by atoms with Gasteiger partial charge in [-0.1, -0.05) is 31.7 Å². The number of esters is 1. The minimum Gasteiger partial charge on any atom is -0.461 e. The molecule has 2 N–H and O–H groups in total. The summed E-state index contributed by atoms with van der Waals surface area (Å²) < 4.78 is 33.5. The molecule has 1 aliphatic rings. The molecule has 1 heterocycles. The Morgan fingerprint density at radius 1 is 1.05 bits per heavy atom. The second kappa shape index (κ2) is 14.4. The largest absolute Gasteiger partial charge is 0.461 e. The summed E-state index contributed by atoms with van der Waals surface area (Å²) in [6.07, 6.45) is 4.79.